The fourth-order valence-corrected chi connectivity index (χ4v) is 4.35. The number of hydrogen-bond donors (Lipinski definition) is 1. The average molecular weight is 441 g/mol. The molecule has 6 heteroatoms. The number of hydrogen-bond acceptors (Lipinski definition) is 4. The molecule has 1 N–H and O–H groups in total. The van der Waals surface area contributed by atoms with Crippen molar-refractivity contribution >= 4 is 21.8 Å². The maximum absolute atomic E-state index is 12.4. The van der Waals surface area contributed by atoms with Gasteiger partial charge < -0.3 is 14.8 Å². The third-order valence-corrected chi connectivity index (χ3v) is 6.09. The monoisotopic (exact) mass is 440 g/mol. The third kappa shape index (κ3) is 6.77. The van der Waals surface area contributed by atoms with Crippen molar-refractivity contribution in [3.05, 3.63) is 28.2 Å². The molecule has 1 fully saturated rings. The van der Waals surface area contributed by atoms with Gasteiger partial charge in [-0.1, -0.05) is 32.8 Å². The van der Waals surface area contributed by atoms with E-state index in [1.54, 1.807) is 7.11 Å². The second-order valence-electron chi connectivity index (χ2n) is 7.07. The van der Waals surface area contributed by atoms with Gasteiger partial charge in [-0.2, -0.15) is 0 Å². The number of morpholine rings is 1. The summed E-state index contributed by atoms with van der Waals surface area (Å²) >= 11 is 3.50. The molecule has 0 saturated carbocycles. The van der Waals surface area contributed by atoms with Gasteiger partial charge in [0, 0.05) is 32.1 Å². The van der Waals surface area contributed by atoms with Crippen LogP contribution in [0.3, 0.4) is 0 Å². The number of methoxy groups -OCH3 is 1. The Kier molecular flexibility index (Phi) is 9.59. The number of amides is 1. The molecule has 1 unspecified atom stereocenters. The molecule has 27 heavy (non-hydrogen) atoms. The fraction of sp³-hybridized carbons (Fsp3) is 0.667. The predicted octanol–water partition coefficient (Wildman–Crippen LogP) is 3.64. The summed E-state index contributed by atoms with van der Waals surface area (Å²) in [6, 6.07) is 6.35. The first-order chi connectivity index (χ1) is 13.1. The molecule has 1 aromatic rings. The lowest BCUT2D eigenvalue weighted by Crippen LogP contribution is -2.52. The molecule has 5 nitrogen and oxygen atoms in total. The standard InChI is InChI=1S/C21H33BrN2O3/c1-4-17(5-2)19(24-10-12-27-13-11-24)15-23-21(25)9-7-16-6-8-20(26-3)18(22)14-16/h6,8,14,17,19H,4-5,7,9-13,15H2,1-3H3,(H,23,25). The highest BCUT2D eigenvalue weighted by Crippen LogP contribution is 2.26. The number of rotatable bonds is 10. The summed E-state index contributed by atoms with van der Waals surface area (Å²) in [7, 11) is 1.65. The first-order valence-electron chi connectivity index (χ1n) is 9.99. The number of ether oxygens (including phenoxy) is 2. The summed E-state index contributed by atoms with van der Waals surface area (Å²) < 4.78 is 11.7. The summed E-state index contributed by atoms with van der Waals surface area (Å²) in [4.78, 5) is 14.9. The van der Waals surface area contributed by atoms with Gasteiger partial charge in [-0.3, -0.25) is 9.69 Å². The van der Waals surface area contributed by atoms with Crippen LogP contribution in [0.25, 0.3) is 0 Å². The van der Waals surface area contributed by atoms with E-state index in [9.17, 15) is 4.79 Å². The Labute approximate surface area is 171 Å². The molecule has 0 aliphatic carbocycles. The minimum atomic E-state index is 0.117. The van der Waals surface area contributed by atoms with E-state index in [0.717, 1.165) is 67.9 Å². The maximum atomic E-state index is 12.4. The summed E-state index contributed by atoms with van der Waals surface area (Å²) in [6.45, 7) is 8.69. The van der Waals surface area contributed by atoms with Crippen LogP contribution in [0.1, 0.15) is 38.7 Å². The number of nitrogens with one attached hydrogen (secondary N) is 1. The van der Waals surface area contributed by atoms with Crippen molar-refractivity contribution in [3.8, 4) is 5.75 Å². The van der Waals surface area contributed by atoms with Gasteiger partial charge in [0.1, 0.15) is 5.75 Å². The van der Waals surface area contributed by atoms with E-state index in [1.807, 2.05) is 18.2 Å². The van der Waals surface area contributed by atoms with Crippen molar-refractivity contribution in [3.63, 3.8) is 0 Å². The van der Waals surface area contributed by atoms with Crippen molar-refractivity contribution in [2.75, 3.05) is 40.0 Å². The van der Waals surface area contributed by atoms with Crippen molar-refractivity contribution < 1.29 is 14.3 Å². The van der Waals surface area contributed by atoms with Gasteiger partial charge >= 0.3 is 0 Å². The smallest absolute Gasteiger partial charge is 0.220 e. The Balaban J connectivity index is 1.86. The van der Waals surface area contributed by atoms with E-state index in [1.165, 1.54) is 0 Å². The molecular weight excluding hydrogens is 408 g/mol. The van der Waals surface area contributed by atoms with Crippen LogP contribution in [0.15, 0.2) is 22.7 Å². The second-order valence-corrected chi connectivity index (χ2v) is 7.92. The van der Waals surface area contributed by atoms with Crippen LogP contribution in [0, 0.1) is 5.92 Å². The zero-order valence-corrected chi connectivity index (χ0v) is 18.4. The van der Waals surface area contributed by atoms with E-state index >= 15 is 0 Å². The fourth-order valence-electron chi connectivity index (χ4n) is 3.77. The summed E-state index contributed by atoms with van der Waals surface area (Å²) in [5.41, 5.74) is 1.13. The van der Waals surface area contributed by atoms with Crippen LogP contribution < -0.4 is 10.1 Å². The van der Waals surface area contributed by atoms with E-state index in [2.05, 4.69) is 40.0 Å². The minimum Gasteiger partial charge on any atom is -0.496 e. The first kappa shape index (κ1) is 22.2. The van der Waals surface area contributed by atoms with Crippen molar-refractivity contribution in [2.45, 2.75) is 45.6 Å². The van der Waals surface area contributed by atoms with Crippen LogP contribution in [-0.4, -0.2) is 56.8 Å². The zero-order valence-electron chi connectivity index (χ0n) is 16.8. The molecule has 1 aliphatic heterocycles. The van der Waals surface area contributed by atoms with Gasteiger partial charge in [0.15, 0.2) is 0 Å². The normalized spacial score (nSPS) is 16.3. The van der Waals surface area contributed by atoms with Gasteiger partial charge in [-0.05, 0) is 46.0 Å². The van der Waals surface area contributed by atoms with Gasteiger partial charge in [0.05, 0.1) is 24.8 Å². The van der Waals surface area contributed by atoms with E-state index < -0.39 is 0 Å². The Hall–Kier alpha value is -1.11. The minimum absolute atomic E-state index is 0.117. The highest BCUT2D eigenvalue weighted by atomic mass is 79.9. The van der Waals surface area contributed by atoms with Crippen LogP contribution in [0.5, 0.6) is 5.75 Å². The van der Waals surface area contributed by atoms with Crippen LogP contribution in [0.4, 0.5) is 0 Å². The maximum Gasteiger partial charge on any atom is 0.220 e. The molecule has 0 radical (unpaired) electrons. The number of carbonyl (C=O) groups excluding carboxylic acids is 1. The topological polar surface area (TPSA) is 50.8 Å². The van der Waals surface area contributed by atoms with Crippen molar-refractivity contribution in [1.29, 1.82) is 0 Å². The van der Waals surface area contributed by atoms with Gasteiger partial charge in [-0.15, -0.1) is 0 Å². The molecule has 1 amide bonds. The molecular formula is C21H33BrN2O3. The number of nitrogens with zero attached hydrogens (tertiary/aromatic N) is 1. The highest BCUT2D eigenvalue weighted by molar-refractivity contribution is 9.10. The number of halogens is 1. The lowest BCUT2D eigenvalue weighted by atomic mass is 9.92. The van der Waals surface area contributed by atoms with Crippen LogP contribution in [0.2, 0.25) is 0 Å². The molecule has 0 aromatic heterocycles. The molecule has 1 atom stereocenters. The number of benzene rings is 1. The van der Waals surface area contributed by atoms with E-state index in [-0.39, 0.29) is 5.91 Å². The number of carbonyl (C=O) groups is 1. The van der Waals surface area contributed by atoms with E-state index in [4.69, 9.17) is 9.47 Å². The van der Waals surface area contributed by atoms with Crippen molar-refractivity contribution in [2.24, 2.45) is 5.92 Å². The quantitative estimate of drug-likeness (QED) is 0.603. The summed E-state index contributed by atoms with van der Waals surface area (Å²) in [5.74, 6) is 1.52. The Morgan fingerprint density at radius 1 is 1.30 bits per heavy atom. The predicted molar refractivity (Wildman–Crippen MR) is 112 cm³/mol. The largest absolute Gasteiger partial charge is 0.496 e. The molecule has 0 spiro atoms. The molecule has 152 valence electrons. The molecule has 2 rings (SSSR count). The average Bonchev–Trinajstić information content (AvgIpc) is 2.70. The van der Waals surface area contributed by atoms with Gasteiger partial charge in [0.2, 0.25) is 5.91 Å². The SMILES string of the molecule is CCC(CC)C(CNC(=O)CCc1ccc(OC)c(Br)c1)N1CCOCC1. The Morgan fingerprint density at radius 3 is 2.59 bits per heavy atom. The lowest BCUT2D eigenvalue weighted by Gasteiger charge is -2.38. The molecule has 1 aliphatic rings. The van der Waals surface area contributed by atoms with Crippen LogP contribution in [-0.2, 0) is 16.0 Å². The van der Waals surface area contributed by atoms with Crippen LogP contribution >= 0.6 is 15.9 Å². The molecule has 1 aromatic carbocycles. The molecule has 0 bridgehead atoms. The van der Waals surface area contributed by atoms with E-state index in [0.29, 0.717) is 18.4 Å². The number of aryl methyl sites for hydroxylation is 1. The van der Waals surface area contributed by atoms with Gasteiger partial charge in [0.25, 0.3) is 0 Å². The second kappa shape index (κ2) is 11.7. The molecule has 1 heterocycles. The summed E-state index contributed by atoms with van der Waals surface area (Å²) in [5, 5.41) is 3.18. The Bertz CT molecular complexity index is 587. The third-order valence-electron chi connectivity index (χ3n) is 5.47. The first-order valence-corrected chi connectivity index (χ1v) is 10.8. The lowest BCUT2D eigenvalue weighted by molar-refractivity contribution is -0.121. The summed E-state index contributed by atoms with van der Waals surface area (Å²) in [6.07, 6.45) is 3.49. The zero-order chi connectivity index (χ0) is 19.6. The molecule has 1 saturated heterocycles. The highest BCUT2D eigenvalue weighted by Gasteiger charge is 2.27. The van der Waals surface area contributed by atoms with Gasteiger partial charge in [-0.25, -0.2) is 0 Å². The van der Waals surface area contributed by atoms with Crippen molar-refractivity contribution in [1.82, 2.24) is 10.2 Å². The Morgan fingerprint density at radius 2 is 2.00 bits per heavy atom.